The van der Waals surface area contributed by atoms with Crippen molar-refractivity contribution in [3.05, 3.63) is 35.4 Å². The fourth-order valence-electron chi connectivity index (χ4n) is 1.67. The number of benzene rings is 1. The van der Waals surface area contributed by atoms with E-state index in [1.54, 1.807) is 0 Å². The van der Waals surface area contributed by atoms with Crippen molar-refractivity contribution in [1.82, 2.24) is 4.90 Å². The molecule has 1 rings (SSSR count). The van der Waals surface area contributed by atoms with E-state index in [4.69, 9.17) is 0 Å². The number of carbonyl (C=O) groups is 1. The molecule has 0 aliphatic rings. The van der Waals surface area contributed by atoms with E-state index in [1.807, 2.05) is 36.1 Å². The van der Waals surface area contributed by atoms with Crippen molar-refractivity contribution >= 4 is 21.8 Å². The van der Waals surface area contributed by atoms with Gasteiger partial charge in [-0.1, -0.05) is 41.4 Å². The monoisotopic (exact) mass is 297 g/mol. The molecule has 3 heteroatoms. The zero-order valence-corrected chi connectivity index (χ0v) is 12.2. The van der Waals surface area contributed by atoms with Crippen LogP contribution >= 0.6 is 15.9 Å². The average Bonchev–Trinajstić information content (AvgIpc) is 2.39. The standard InChI is InChI=1S/C14H20BrNO/c1-3-5-10-16(4-2)14(17)13-8-6-12(11-15)7-9-13/h6-9H,3-5,10-11H2,1-2H3. The third-order valence-electron chi connectivity index (χ3n) is 2.81. The molecule has 0 N–H and O–H groups in total. The minimum Gasteiger partial charge on any atom is -0.339 e. The molecule has 2 nitrogen and oxygen atoms in total. The first-order valence-corrected chi connectivity index (χ1v) is 7.29. The van der Waals surface area contributed by atoms with Crippen LogP contribution in [0.4, 0.5) is 0 Å². The molecular formula is C14H20BrNO. The Labute approximate surface area is 112 Å². The Morgan fingerprint density at radius 2 is 1.88 bits per heavy atom. The van der Waals surface area contributed by atoms with Crippen molar-refractivity contribution in [2.45, 2.75) is 32.0 Å². The molecule has 0 aliphatic heterocycles. The maximum absolute atomic E-state index is 12.2. The highest BCUT2D eigenvalue weighted by Gasteiger charge is 2.12. The molecule has 1 aromatic carbocycles. The van der Waals surface area contributed by atoms with E-state index < -0.39 is 0 Å². The van der Waals surface area contributed by atoms with Gasteiger partial charge in [-0.05, 0) is 31.0 Å². The maximum Gasteiger partial charge on any atom is 0.253 e. The van der Waals surface area contributed by atoms with Crippen molar-refractivity contribution in [1.29, 1.82) is 0 Å². The summed E-state index contributed by atoms with van der Waals surface area (Å²) in [6.07, 6.45) is 2.19. The Morgan fingerprint density at radius 3 is 2.35 bits per heavy atom. The number of carbonyl (C=O) groups excluding carboxylic acids is 1. The number of amides is 1. The molecule has 1 amide bonds. The summed E-state index contributed by atoms with van der Waals surface area (Å²) in [4.78, 5) is 14.1. The van der Waals surface area contributed by atoms with Crippen molar-refractivity contribution in [2.75, 3.05) is 13.1 Å². The summed E-state index contributed by atoms with van der Waals surface area (Å²) < 4.78 is 0. The molecule has 0 spiro atoms. The molecule has 0 fully saturated rings. The summed E-state index contributed by atoms with van der Waals surface area (Å²) in [7, 11) is 0. The number of nitrogens with zero attached hydrogens (tertiary/aromatic N) is 1. The van der Waals surface area contributed by atoms with Crippen LogP contribution in [-0.4, -0.2) is 23.9 Å². The van der Waals surface area contributed by atoms with Gasteiger partial charge in [0.2, 0.25) is 0 Å². The zero-order chi connectivity index (χ0) is 12.7. The summed E-state index contributed by atoms with van der Waals surface area (Å²) >= 11 is 3.40. The molecule has 17 heavy (non-hydrogen) atoms. The van der Waals surface area contributed by atoms with Gasteiger partial charge in [-0.2, -0.15) is 0 Å². The Balaban J connectivity index is 2.71. The maximum atomic E-state index is 12.2. The molecule has 0 saturated heterocycles. The number of rotatable bonds is 6. The second kappa shape index (κ2) is 7.49. The van der Waals surface area contributed by atoms with Gasteiger partial charge in [-0.15, -0.1) is 0 Å². The van der Waals surface area contributed by atoms with Gasteiger partial charge in [0.25, 0.3) is 5.91 Å². The molecular weight excluding hydrogens is 278 g/mol. The van der Waals surface area contributed by atoms with Gasteiger partial charge in [-0.25, -0.2) is 0 Å². The Kier molecular flexibility index (Phi) is 6.27. The van der Waals surface area contributed by atoms with E-state index >= 15 is 0 Å². The van der Waals surface area contributed by atoms with Crippen molar-refractivity contribution in [2.24, 2.45) is 0 Å². The minimum atomic E-state index is 0.141. The van der Waals surface area contributed by atoms with Gasteiger partial charge in [0.05, 0.1) is 0 Å². The van der Waals surface area contributed by atoms with E-state index in [2.05, 4.69) is 22.9 Å². The third-order valence-corrected chi connectivity index (χ3v) is 3.45. The lowest BCUT2D eigenvalue weighted by Gasteiger charge is -2.20. The van der Waals surface area contributed by atoms with Gasteiger partial charge in [0.1, 0.15) is 0 Å². The lowest BCUT2D eigenvalue weighted by molar-refractivity contribution is 0.0762. The van der Waals surface area contributed by atoms with Crippen LogP contribution in [0, 0.1) is 0 Å². The van der Waals surface area contributed by atoms with Crippen LogP contribution in [0.25, 0.3) is 0 Å². The first-order valence-electron chi connectivity index (χ1n) is 6.17. The number of unbranched alkanes of at least 4 members (excludes halogenated alkanes) is 1. The number of halogens is 1. The molecule has 0 unspecified atom stereocenters. The highest BCUT2D eigenvalue weighted by molar-refractivity contribution is 9.08. The zero-order valence-electron chi connectivity index (χ0n) is 10.6. The van der Waals surface area contributed by atoms with Crippen molar-refractivity contribution < 1.29 is 4.79 Å². The molecule has 0 saturated carbocycles. The molecule has 0 atom stereocenters. The van der Waals surface area contributed by atoms with Crippen LogP contribution in [0.1, 0.15) is 42.6 Å². The first-order chi connectivity index (χ1) is 8.22. The van der Waals surface area contributed by atoms with E-state index in [1.165, 1.54) is 5.56 Å². The lowest BCUT2D eigenvalue weighted by atomic mass is 10.1. The van der Waals surface area contributed by atoms with Crippen LogP contribution in [-0.2, 0) is 5.33 Å². The van der Waals surface area contributed by atoms with Crippen LogP contribution < -0.4 is 0 Å². The Morgan fingerprint density at radius 1 is 1.24 bits per heavy atom. The Hall–Kier alpha value is -0.830. The highest BCUT2D eigenvalue weighted by atomic mass is 79.9. The summed E-state index contributed by atoms with van der Waals surface area (Å²) in [5, 5.41) is 0.828. The van der Waals surface area contributed by atoms with E-state index in [9.17, 15) is 4.79 Å². The molecule has 0 heterocycles. The number of hydrogen-bond acceptors (Lipinski definition) is 1. The van der Waals surface area contributed by atoms with Crippen molar-refractivity contribution in [3.63, 3.8) is 0 Å². The summed E-state index contributed by atoms with van der Waals surface area (Å²) in [6.45, 7) is 5.80. The normalized spacial score (nSPS) is 10.3. The fourth-order valence-corrected chi connectivity index (χ4v) is 2.05. The lowest BCUT2D eigenvalue weighted by Crippen LogP contribution is -2.31. The second-order valence-corrected chi connectivity index (χ2v) is 4.63. The van der Waals surface area contributed by atoms with Crippen LogP contribution in [0.15, 0.2) is 24.3 Å². The van der Waals surface area contributed by atoms with Gasteiger partial charge in [0, 0.05) is 24.0 Å². The summed E-state index contributed by atoms with van der Waals surface area (Å²) in [6, 6.07) is 7.81. The van der Waals surface area contributed by atoms with Crippen molar-refractivity contribution in [3.8, 4) is 0 Å². The molecule has 0 aliphatic carbocycles. The predicted molar refractivity (Wildman–Crippen MR) is 75.6 cm³/mol. The molecule has 1 aromatic rings. The van der Waals surface area contributed by atoms with E-state index in [0.29, 0.717) is 0 Å². The number of alkyl halides is 1. The molecule has 94 valence electrons. The Bertz CT molecular complexity index is 348. The smallest absolute Gasteiger partial charge is 0.253 e. The average molecular weight is 298 g/mol. The fraction of sp³-hybridized carbons (Fsp3) is 0.500. The topological polar surface area (TPSA) is 20.3 Å². The van der Waals surface area contributed by atoms with Crippen LogP contribution in [0.2, 0.25) is 0 Å². The predicted octanol–water partition coefficient (Wildman–Crippen LogP) is 3.84. The second-order valence-electron chi connectivity index (χ2n) is 4.07. The molecule has 0 aromatic heterocycles. The first kappa shape index (κ1) is 14.2. The molecule has 0 radical (unpaired) electrons. The van der Waals surface area contributed by atoms with Crippen LogP contribution in [0.5, 0.6) is 0 Å². The third kappa shape index (κ3) is 4.15. The SMILES string of the molecule is CCCCN(CC)C(=O)c1ccc(CBr)cc1. The molecule has 0 bridgehead atoms. The van der Waals surface area contributed by atoms with Crippen LogP contribution in [0.3, 0.4) is 0 Å². The minimum absolute atomic E-state index is 0.141. The van der Waals surface area contributed by atoms with Gasteiger partial charge in [-0.3, -0.25) is 4.79 Å². The number of hydrogen-bond donors (Lipinski definition) is 0. The highest BCUT2D eigenvalue weighted by Crippen LogP contribution is 2.10. The van der Waals surface area contributed by atoms with Gasteiger partial charge >= 0.3 is 0 Å². The quantitative estimate of drug-likeness (QED) is 0.731. The summed E-state index contributed by atoms with van der Waals surface area (Å²) in [5.41, 5.74) is 1.98. The van der Waals surface area contributed by atoms with E-state index in [0.717, 1.165) is 36.8 Å². The van der Waals surface area contributed by atoms with Gasteiger partial charge in [0.15, 0.2) is 0 Å². The largest absolute Gasteiger partial charge is 0.339 e. The van der Waals surface area contributed by atoms with E-state index in [-0.39, 0.29) is 5.91 Å². The summed E-state index contributed by atoms with van der Waals surface area (Å²) in [5.74, 6) is 0.141. The van der Waals surface area contributed by atoms with Gasteiger partial charge < -0.3 is 4.90 Å².